The van der Waals surface area contributed by atoms with Crippen LogP contribution < -0.4 is 0 Å². The van der Waals surface area contributed by atoms with Crippen LogP contribution in [-0.4, -0.2) is 96.7 Å². The van der Waals surface area contributed by atoms with Crippen molar-refractivity contribution in [3.05, 3.63) is 60.8 Å². The van der Waals surface area contributed by atoms with Crippen molar-refractivity contribution in [1.29, 1.82) is 0 Å². The third kappa shape index (κ3) is 69.2. The van der Waals surface area contributed by atoms with Crippen molar-refractivity contribution in [2.45, 2.75) is 367 Å². The number of allylic oxidation sites excluding steroid dienone is 10. The summed E-state index contributed by atoms with van der Waals surface area (Å²) in [5.41, 5.74) is 0. The number of aliphatic hydroxyl groups excluding tert-OH is 1. The van der Waals surface area contributed by atoms with Crippen LogP contribution in [0.25, 0.3) is 0 Å². The van der Waals surface area contributed by atoms with Crippen LogP contribution in [-0.2, 0) is 65.4 Å². The molecule has 0 heterocycles. The minimum Gasteiger partial charge on any atom is -0.462 e. The van der Waals surface area contributed by atoms with Gasteiger partial charge in [0.15, 0.2) is 12.2 Å². The topological polar surface area (TPSA) is 237 Å². The SMILES string of the molecule is CCCCC/C=C\C/C=C\CCCCCCCC(=O)OC[C@H](COP(=O)(O)OC[C@H](O)COP(=O)(O)OC[C@@H](COC(=O)CCCCCCC/C=C\C=C/CCCCCC)OC(=O)CCCCCCCCCCCCCCC)OC(=O)CCCCCCC/C=C\CCCCCC. The summed E-state index contributed by atoms with van der Waals surface area (Å²) in [6.45, 7) is 4.82. The fourth-order valence-electron chi connectivity index (χ4n) is 10.5. The highest BCUT2D eigenvalue weighted by molar-refractivity contribution is 7.47. The highest BCUT2D eigenvalue weighted by atomic mass is 31.2. The van der Waals surface area contributed by atoms with Crippen molar-refractivity contribution >= 4 is 39.5 Å². The molecule has 0 aromatic carbocycles. The van der Waals surface area contributed by atoms with Gasteiger partial charge in [-0.2, -0.15) is 0 Å². The van der Waals surface area contributed by atoms with E-state index in [1.807, 2.05) is 0 Å². The van der Waals surface area contributed by atoms with Crippen LogP contribution in [0.5, 0.6) is 0 Å². The predicted molar refractivity (Wildman–Crippen MR) is 390 cm³/mol. The first kappa shape index (κ1) is 92.8. The van der Waals surface area contributed by atoms with Crippen LogP contribution in [0.1, 0.15) is 349 Å². The first-order valence-corrected chi connectivity index (χ1v) is 41.5. The quantitative estimate of drug-likeness (QED) is 0.0128. The average Bonchev–Trinajstić information content (AvgIpc) is 1.14. The molecule has 0 saturated heterocycles. The van der Waals surface area contributed by atoms with Gasteiger partial charge >= 0.3 is 39.5 Å². The molecule has 560 valence electrons. The Morgan fingerprint density at radius 3 is 0.875 bits per heavy atom. The van der Waals surface area contributed by atoms with Crippen molar-refractivity contribution in [3.8, 4) is 0 Å². The number of hydrogen-bond donors (Lipinski definition) is 3. The van der Waals surface area contributed by atoms with Crippen molar-refractivity contribution in [3.63, 3.8) is 0 Å². The molecule has 17 nitrogen and oxygen atoms in total. The molecule has 0 aromatic heterocycles. The van der Waals surface area contributed by atoms with Crippen LogP contribution in [0, 0.1) is 0 Å². The summed E-state index contributed by atoms with van der Waals surface area (Å²) in [6.07, 6.45) is 67.7. The number of aliphatic hydroxyl groups is 1. The summed E-state index contributed by atoms with van der Waals surface area (Å²) < 4.78 is 68.4. The molecule has 0 aliphatic rings. The largest absolute Gasteiger partial charge is 0.472 e. The molecule has 0 aliphatic heterocycles. The van der Waals surface area contributed by atoms with E-state index in [0.717, 1.165) is 148 Å². The van der Waals surface area contributed by atoms with E-state index in [1.54, 1.807) is 0 Å². The number of carbonyl (C=O) groups is 4. The summed E-state index contributed by atoms with van der Waals surface area (Å²) in [6, 6.07) is 0. The molecular formula is C77H140O17P2. The lowest BCUT2D eigenvalue weighted by molar-refractivity contribution is -0.161. The third-order valence-electron chi connectivity index (χ3n) is 16.5. The maximum absolute atomic E-state index is 13.1. The Kier molecular flexibility index (Phi) is 67.8. The van der Waals surface area contributed by atoms with E-state index in [2.05, 4.69) is 88.5 Å². The Morgan fingerprint density at radius 1 is 0.302 bits per heavy atom. The van der Waals surface area contributed by atoms with Crippen molar-refractivity contribution in [1.82, 2.24) is 0 Å². The Labute approximate surface area is 584 Å². The summed E-state index contributed by atoms with van der Waals surface area (Å²) in [7, 11) is -9.94. The van der Waals surface area contributed by atoms with Crippen molar-refractivity contribution < 1.29 is 80.2 Å². The van der Waals surface area contributed by atoms with E-state index in [1.165, 1.54) is 122 Å². The second kappa shape index (κ2) is 70.2. The zero-order valence-corrected chi connectivity index (χ0v) is 62.8. The Bertz CT molecular complexity index is 2060. The summed E-state index contributed by atoms with van der Waals surface area (Å²) >= 11 is 0. The van der Waals surface area contributed by atoms with Crippen LogP contribution >= 0.6 is 15.6 Å². The molecule has 2 unspecified atom stereocenters. The Morgan fingerprint density at radius 2 is 0.542 bits per heavy atom. The van der Waals surface area contributed by atoms with E-state index >= 15 is 0 Å². The molecule has 0 aliphatic carbocycles. The average molecular weight is 1400 g/mol. The van der Waals surface area contributed by atoms with E-state index in [4.69, 9.17) is 37.0 Å². The molecule has 0 rings (SSSR count). The molecule has 3 N–H and O–H groups in total. The lowest BCUT2D eigenvalue weighted by Crippen LogP contribution is -2.30. The number of carbonyl (C=O) groups excluding carboxylic acids is 4. The number of esters is 4. The first-order chi connectivity index (χ1) is 46.7. The summed E-state index contributed by atoms with van der Waals surface area (Å²) in [5.74, 6) is -2.19. The zero-order chi connectivity index (χ0) is 70.4. The lowest BCUT2D eigenvalue weighted by atomic mass is 10.0. The second-order valence-corrected chi connectivity index (χ2v) is 28.9. The number of phosphoric acid groups is 2. The van der Waals surface area contributed by atoms with Gasteiger partial charge in [-0.25, -0.2) is 9.13 Å². The van der Waals surface area contributed by atoms with Gasteiger partial charge in [0.2, 0.25) is 0 Å². The van der Waals surface area contributed by atoms with Gasteiger partial charge in [-0.15, -0.1) is 0 Å². The molecule has 96 heavy (non-hydrogen) atoms. The monoisotopic (exact) mass is 1400 g/mol. The van der Waals surface area contributed by atoms with E-state index in [0.29, 0.717) is 25.7 Å². The third-order valence-corrected chi connectivity index (χ3v) is 18.4. The number of rotatable bonds is 73. The molecule has 0 saturated carbocycles. The maximum Gasteiger partial charge on any atom is 0.472 e. The molecule has 19 heteroatoms. The van der Waals surface area contributed by atoms with E-state index < -0.39 is 97.5 Å². The molecule has 0 aromatic rings. The molecular weight excluding hydrogens is 1260 g/mol. The zero-order valence-electron chi connectivity index (χ0n) is 61.1. The van der Waals surface area contributed by atoms with Crippen molar-refractivity contribution in [2.24, 2.45) is 0 Å². The van der Waals surface area contributed by atoms with Gasteiger partial charge < -0.3 is 33.8 Å². The van der Waals surface area contributed by atoms with Crippen molar-refractivity contribution in [2.75, 3.05) is 39.6 Å². The van der Waals surface area contributed by atoms with Gasteiger partial charge in [0.05, 0.1) is 26.4 Å². The van der Waals surface area contributed by atoms with Gasteiger partial charge in [0, 0.05) is 25.7 Å². The molecule has 0 spiro atoms. The molecule has 0 amide bonds. The van der Waals surface area contributed by atoms with Crippen LogP contribution in [0.15, 0.2) is 60.8 Å². The van der Waals surface area contributed by atoms with Crippen LogP contribution in [0.3, 0.4) is 0 Å². The minimum atomic E-state index is -4.97. The van der Waals surface area contributed by atoms with E-state index in [9.17, 15) is 43.2 Å². The number of unbranched alkanes of at least 4 members (excludes halogenated alkanes) is 38. The Balaban J connectivity index is 5.33. The number of ether oxygens (including phenoxy) is 4. The van der Waals surface area contributed by atoms with Crippen LogP contribution in [0.4, 0.5) is 0 Å². The fourth-order valence-corrected chi connectivity index (χ4v) is 12.1. The highest BCUT2D eigenvalue weighted by Crippen LogP contribution is 2.45. The smallest absolute Gasteiger partial charge is 0.462 e. The van der Waals surface area contributed by atoms with Gasteiger partial charge in [-0.05, 0) is 109 Å². The normalized spacial score (nSPS) is 14.3. The predicted octanol–water partition coefficient (Wildman–Crippen LogP) is 21.9. The van der Waals surface area contributed by atoms with Gasteiger partial charge in [-0.1, -0.05) is 275 Å². The first-order valence-electron chi connectivity index (χ1n) is 38.5. The van der Waals surface area contributed by atoms with Crippen LogP contribution in [0.2, 0.25) is 0 Å². The highest BCUT2D eigenvalue weighted by Gasteiger charge is 2.30. The maximum atomic E-state index is 13.1. The number of hydrogen-bond acceptors (Lipinski definition) is 15. The molecule has 0 bridgehead atoms. The Hall–Kier alpha value is -3.24. The lowest BCUT2D eigenvalue weighted by Gasteiger charge is -2.21. The van der Waals surface area contributed by atoms with Gasteiger partial charge in [-0.3, -0.25) is 37.3 Å². The standard InChI is InChI=1S/C77H140O17P2/c1-5-9-13-17-21-25-29-33-35-39-41-45-49-53-57-61-74(79)87-67-72(93-76(81)63-59-55-51-47-43-37-31-27-23-19-15-11-7-3)69-91-95(83,84)89-65-71(78)66-90-96(85,86)92-70-73(94-77(82)64-60-56-52-48-44-38-32-28-24-20-16-12-8-4)68-88-75(80)62-58-54-50-46-42-40-36-34-30-26-22-18-14-10-6-2/h21,25-27,30-31,33-36,71-73,78H,5-20,22-24,28-29,32,37-70H2,1-4H3,(H,83,84)(H,85,86)/b25-21-,30-26-,31-27-,35-33-,36-34-/t71-,72+,73+/m0/s1. The van der Waals surface area contributed by atoms with Gasteiger partial charge in [0.25, 0.3) is 0 Å². The fraction of sp³-hybridized carbons (Fsp3) is 0.818. The second-order valence-electron chi connectivity index (χ2n) is 26.0. The minimum absolute atomic E-state index is 0.0852. The van der Waals surface area contributed by atoms with E-state index in [-0.39, 0.29) is 25.7 Å². The molecule has 5 atom stereocenters. The molecule has 0 fully saturated rings. The molecule has 0 radical (unpaired) electrons. The van der Waals surface area contributed by atoms with Gasteiger partial charge in [0.1, 0.15) is 19.3 Å². The summed E-state index contributed by atoms with van der Waals surface area (Å²) in [5, 5.41) is 10.6. The summed E-state index contributed by atoms with van der Waals surface area (Å²) in [4.78, 5) is 72.8. The number of phosphoric ester groups is 2.